The van der Waals surface area contributed by atoms with E-state index in [2.05, 4.69) is 43.1 Å². The van der Waals surface area contributed by atoms with Crippen molar-refractivity contribution < 1.29 is 9.53 Å². The predicted octanol–water partition coefficient (Wildman–Crippen LogP) is 3.79. The van der Waals surface area contributed by atoms with E-state index >= 15 is 0 Å². The van der Waals surface area contributed by atoms with Crippen LogP contribution in [0.25, 0.3) is 10.8 Å². The van der Waals surface area contributed by atoms with Crippen LogP contribution >= 0.6 is 0 Å². The van der Waals surface area contributed by atoms with E-state index in [1.54, 1.807) is 0 Å². The van der Waals surface area contributed by atoms with Crippen molar-refractivity contribution in [2.45, 2.75) is 38.6 Å². The molecule has 1 aliphatic heterocycles. The quantitative estimate of drug-likeness (QED) is 0.637. The number of carbonyl (C=O) groups is 1. The summed E-state index contributed by atoms with van der Waals surface area (Å²) in [5.41, 5.74) is 1.43. The van der Waals surface area contributed by atoms with E-state index in [0.29, 0.717) is 5.75 Å². The molecule has 0 spiro atoms. The predicted molar refractivity (Wildman–Crippen MR) is 89.2 cm³/mol. The average molecular weight is 297 g/mol. The zero-order valence-electron chi connectivity index (χ0n) is 13.6. The van der Waals surface area contributed by atoms with Crippen LogP contribution in [-0.2, 0) is 11.2 Å². The summed E-state index contributed by atoms with van der Waals surface area (Å²) in [5.74, 6) is 0.399. The normalized spacial score (nSPS) is 22.1. The fourth-order valence-corrected chi connectivity index (χ4v) is 3.56. The summed E-state index contributed by atoms with van der Waals surface area (Å²) < 4.78 is 5.44. The SMILES string of the molecule is CC(=O)Oc1cccc2cccc(C[C@]3(C)CCCN3C)c12. The second-order valence-corrected chi connectivity index (χ2v) is 6.56. The third kappa shape index (κ3) is 2.73. The van der Waals surface area contributed by atoms with Gasteiger partial charge in [0.2, 0.25) is 0 Å². The van der Waals surface area contributed by atoms with Gasteiger partial charge >= 0.3 is 5.97 Å². The van der Waals surface area contributed by atoms with Crippen LogP contribution in [0.4, 0.5) is 0 Å². The largest absolute Gasteiger partial charge is 0.426 e. The molecular formula is C19H23NO2. The average Bonchev–Trinajstić information content (AvgIpc) is 2.78. The Morgan fingerprint density at radius 2 is 2.00 bits per heavy atom. The van der Waals surface area contributed by atoms with Gasteiger partial charge in [0.15, 0.2) is 0 Å². The topological polar surface area (TPSA) is 29.5 Å². The molecule has 0 N–H and O–H groups in total. The van der Waals surface area contributed by atoms with Crippen molar-refractivity contribution in [1.29, 1.82) is 0 Å². The summed E-state index contributed by atoms with van der Waals surface area (Å²) >= 11 is 0. The van der Waals surface area contributed by atoms with E-state index in [0.717, 1.165) is 23.7 Å². The van der Waals surface area contributed by atoms with E-state index in [9.17, 15) is 4.79 Å². The first kappa shape index (κ1) is 15.0. The number of hydrogen-bond donors (Lipinski definition) is 0. The van der Waals surface area contributed by atoms with Gasteiger partial charge < -0.3 is 9.64 Å². The summed E-state index contributed by atoms with van der Waals surface area (Å²) in [4.78, 5) is 13.8. The molecule has 0 amide bonds. The van der Waals surface area contributed by atoms with Gasteiger partial charge in [-0.15, -0.1) is 0 Å². The van der Waals surface area contributed by atoms with E-state index in [1.807, 2.05) is 12.1 Å². The number of hydrogen-bond acceptors (Lipinski definition) is 3. The van der Waals surface area contributed by atoms with Gasteiger partial charge in [-0.05, 0) is 56.8 Å². The Hall–Kier alpha value is -1.87. The molecule has 3 heteroatoms. The molecule has 1 fully saturated rings. The van der Waals surface area contributed by atoms with Crippen LogP contribution in [0.15, 0.2) is 36.4 Å². The van der Waals surface area contributed by atoms with Crippen LogP contribution in [0.2, 0.25) is 0 Å². The van der Waals surface area contributed by atoms with Crippen molar-refractivity contribution in [2.75, 3.05) is 13.6 Å². The maximum Gasteiger partial charge on any atom is 0.308 e. The highest BCUT2D eigenvalue weighted by Crippen LogP contribution is 2.36. The highest BCUT2D eigenvalue weighted by Gasteiger charge is 2.34. The van der Waals surface area contributed by atoms with Gasteiger partial charge in [0.25, 0.3) is 0 Å². The molecule has 1 aliphatic rings. The minimum absolute atomic E-state index is 0.178. The number of esters is 1. The van der Waals surface area contributed by atoms with Crippen LogP contribution in [0.1, 0.15) is 32.3 Å². The van der Waals surface area contributed by atoms with Gasteiger partial charge in [0, 0.05) is 17.8 Å². The fraction of sp³-hybridized carbons (Fsp3) is 0.421. The summed E-state index contributed by atoms with van der Waals surface area (Å²) in [6, 6.07) is 12.2. The molecule has 0 radical (unpaired) electrons. The molecular weight excluding hydrogens is 274 g/mol. The zero-order chi connectivity index (χ0) is 15.7. The number of likely N-dealkylation sites (tertiary alicyclic amines) is 1. The smallest absolute Gasteiger partial charge is 0.308 e. The van der Waals surface area contributed by atoms with Gasteiger partial charge in [-0.1, -0.05) is 30.3 Å². The highest BCUT2D eigenvalue weighted by molar-refractivity contribution is 5.93. The molecule has 0 saturated carbocycles. The maximum atomic E-state index is 11.4. The summed E-state index contributed by atoms with van der Waals surface area (Å²) in [6.07, 6.45) is 3.42. The molecule has 22 heavy (non-hydrogen) atoms. The molecule has 2 aromatic rings. The molecule has 1 saturated heterocycles. The van der Waals surface area contributed by atoms with Crippen LogP contribution in [0, 0.1) is 0 Å². The van der Waals surface area contributed by atoms with E-state index in [-0.39, 0.29) is 11.5 Å². The number of ether oxygens (including phenoxy) is 1. The Labute approximate surface area is 131 Å². The summed E-state index contributed by atoms with van der Waals surface area (Å²) in [7, 11) is 2.20. The molecule has 2 aromatic carbocycles. The Bertz CT molecular complexity index is 704. The molecule has 0 bridgehead atoms. The van der Waals surface area contributed by atoms with Crippen LogP contribution in [-0.4, -0.2) is 30.0 Å². The number of carbonyl (C=O) groups excluding carboxylic acids is 1. The highest BCUT2D eigenvalue weighted by atomic mass is 16.5. The van der Waals surface area contributed by atoms with Crippen molar-refractivity contribution in [3.8, 4) is 5.75 Å². The molecule has 0 unspecified atom stereocenters. The van der Waals surface area contributed by atoms with Crippen molar-refractivity contribution >= 4 is 16.7 Å². The van der Waals surface area contributed by atoms with Gasteiger partial charge in [-0.2, -0.15) is 0 Å². The lowest BCUT2D eigenvalue weighted by atomic mass is 9.88. The number of benzene rings is 2. The zero-order valence-corrected chi connectivity index (χ0v) is 13.6. The standard InChI is InChI=1S/C19H23NO2/c1-14(21)22-17-10-5-8-15-7-4-9-16(18(15)17)13-19(2)11-6-12-20(19)3/h4-5,7-10H,6,11-13H2,1-3H3/t19-/m0/s1. The number of nitrogens with zero attached hydrogens (tertiary/aromatic N) is 1. The minimum atomic E-state index is -0.272. The number of fused-ring (bicyclic) bond motifs is 1. The molecule has 0 aromatic heterocycles. The Morgan fingerprint density at radius 1 is 1.27 bits per heavy atom. The monoisotopic (exact) mass is 297 g/mol. The third-order valence-corrected chi connectivity index (χ3v) is 4.91. The maximum absolute atomic E-state index is 11.4. The van der Waals surface area contributed by atoms with E-state index in [4.69, 9.17) is 4.74 Å². The Morgan fingerprint density at radius 3 is 2.64 bits per heavy atom. The van der Waals surface area contributed by atoms with Crippen LogP contribution in [0.5, 0.6) is 5.75 Å². The molecule has 0 aliphatic carbocycles. The lowest BCUT2D eigenvalue weighted by Gasteiger charge is -2.33. The van der Waals surface area contributed by atoms with Crippen molar-refractivity contribution in [1.82, 2.24) is 4.90 Å². The Balaban J connectivity index is 2.07. The minimum Gasteiger partial charge on any atom is -0.426 e. The van der Waals surface area contributed by atoms with Gasteiger partial charge in [-0.3, -0.25) is 4.79 Å². The molecule has 1 atom stereocenters. The van der Waals surface area contributed by atoms with E-state index in [1.165, 1.54) is 25.3 Å². The first-order valence-corrected chi connectivity index (χ1v) is 7.90. The van der Waals surface area contributed by atoms with Crippen LogP contribution in [0.3, 0.4) is 0 Å². The number of rotatable bonds is 3. The van der Waals surface area contributed by atoms with Gasteiger partial charge in [0.05, 0.1) is 0 Å². The molecule has 3 nitrogen and oxygen atoms in total. The fourth-order valence-electron chi connectivity index (χ4n) is 3.56. The van der Waals surface area contributed by atoms with E-state index < -0.39 is 0 Å². The second-order valence-electron chi connectivity index (χ2n) is 6.56. The van der Waals surface area contributed by atoms with Crippen LogP contribution < -0.4 is 4.74 Å². The Kier molecular flexibility index (Phi) is 3.92. The van der Waals surface area contributed by atoms with Crippen molar-refractivity contribution in [3.63, 3.8) is 0 Å². The molecule has 3 rings (SSSR count). The van der Waals surface area contributed by atoms with Gasteiger partial charge in [0.1, 0.15) is 5.75 Å². The summed E-state index contributed by atoms with van der Waals surface area (Å²) in [6.45, 7) is 4.93. The first-order chi connectivity index (χ1) is 10.5. The van der Waals surface area contributed by atoms with Crippen molar-refractivity contribution in [2.24, 2.45) is 0 Å². The first-order valence-electron chi connectivity index (χ1n) is 7.90. The lowest BCUT2D eigenvalue weighted by Crippen LogP contribution is -2.40. The van der Waals surface area contributed by atoms with Gasteiger partial charge in [-0.25, -0.2) is 0 Å². The molecule has 116 valence electrons. The van der Waals surface area contributed by atoms with Crippen molar-refractivity contribution in [3.05, 3.63) is 42.0 Å². The lowest BCUT2D eigenvalue weighted by molar-refractivity contribution is -0.131. The number of likely N-dealkylation sites (N-methyl/N-ethyl adjacent to an activating group) is 1. The summed E-state index contributed by atoms with van der Waals surface area (Å²) in [5, 5.41) is 2.20. The second kappa shape index (κ2) is 5.73. The molecule has 1 heterocycles. The third-order valence-electron chi connectivity index (χ3n) is 4.91.